The highest BCUT2D eigenvalue weighted by Gasteiger charge is 2.19. The Kier molecular flexibility index (Phi) is 6.40. The standard InChI is InChI=1S/C17H20ClN3O3/c1-12(17(23)20-15-4-3-9-19-16(15)18)21(2)10-11-24-14-7-5-13(22)6-8-14/h3-9,12,22H,10-11H2,1-2H3,(H,20,23)/t12-/m0/s1. The molecule has 1 aromatic heterocycles. The maximum atomic E-state index is 12.3. The molecule has 0 radical (unpaired) electrons. The number of aromatic nitrogens is 1. The molecular weight excluding hydrogens is 330 g/mol. The number of halogens is 1. The second kappa shape index (κ2) is 8.52. The van der Waals surface area contributed by atoms with Crippen LogP contribution in [0.2, 0.25) is 5.15 Å². The van der Waals surface area contributed by atoms with Gasteiger partial charge in [0.1, 0.15) is 18.1 Å². The minimum Gasteiger partial charge on any atom is -0.508 e. The van der Waals surface area contributed by atoms with Gasteiger partial charge in [0, 0.05) is 12.7 Å². The number of phenols is 1. The van der Waals surface area contributed by atoms with Crippen LogP contribution < -0.4 is 10.1 Å². The molecule has 0 spiro atoms. The lowest BCUT2D eigenvalue weighted by atomic mass is 10.2. The summed E-state index contributed by atoms with van der Waals surface area (Å²) in [6, 6.07) is 9.56. The van der Waals surface area contributed by atoms with Crippen LogP contribution in [-0.2, 0) is 4.79 Å². The van der Waals surface area contributed by atoms with Crippen LogP contribution in [0.1, 0.15) is 6.92 Å². The molecule has 0 unspecified atom stereocenters. The molecule has 1 heterocycles. The number of carbonyl (C=O) groups excluding carboxylic acids is 1. The van der Waals surface area contributed by atoms with Crippen LogP contribution in [-0.4, -0.2) is 47.1 Å². The average Bonchev–Trinajstić information content (AvgIpc) is 2.58. The lowest BCUT2D eigenvalue weighted by Gasteiger charge is -2.24. The number of rotatable bonds is 7. The third kappa shape index (κ3) is 5.11. The lowest BCUT2D eigenvalue weighted by molar-refractivity contribution is -0.120. The molecule has 2 aromatic rings. The van der Waals surface area contributed by atoms with E-state index < -0.39 is 0 Å². The van der Waals surface area contributed by atoms with E-state index in [-0.39, 0.29) is 22.9 Å². The Morgan fingerprint density at radius 1 is 1.38 bits per heavy atom. The molecule has 2 rings (SSSR count). The first kappa shape index (κ1) is 18.0. The topological polar surface area (TPSA) is 74.7 Å². The first-order valence-electron chi connectivity index (χ1n) is 7.51. The minimum absolute atomic E-state index is 0.169. The maximum Gasteiger partial charge on any atom is 0.241 e. The average molecular weight is 350 g/mol. The normalized spacial score (nSPS) is 12.0. The van der Waals surface area contributed by atoms with E-state index >= 15 is 0 Å². The van der Waals surface area contributed by atoms with Crippen molar-refractivity contribution in [2.24, 2.45) is 0 Å². The van der Waals surface area contributed by atoms with Crippen molar-refractivity contribution in [3.63, 3.8) is 0 Å². The summed E-state index contributed by atoms with van der Waals surface area (Å²) < 4.78 is 5.58. The molecule has 1 atom stereocenters. The highest BCUT2D eigenvalue weighted by Crippen LogP contribution is 2.18. The quantitative estimate of drug-likeness (QED) is 0.752. The molecule has 1 amide bonds. The second-order valence-corrected chi connectivity index (χ2v) is 5.69. The number of phenolic OH excluding ortho intramolecular Hbond substituents is 1. The molecule has 0 aliphatic carbocycles. The van der Waals surface area contributed by atoms with Gasteiger partial charge in [-0.15, -0.1) is 0 Å². The third-order valence-corrected chi connectivity index (χ3v) is 3.91. The maximum absolute atomic E-state index is 12.3. The number of pyridine rings is 1. The number of hydrogen-bond acceptors (Lipinski definition) is 5. The Balaban J connectivity index is 1.80. The van der Waals surface area contributed by atoms with Crippen LogP contribution in [0.4, 0.5) is 5.69 Å². The lowest BCUT2D eigenvalue weighted by Crippen LogP contribution is -2.41. The predicted molar refractivity (Wildman–Crippen MR) is 93.6 cm³/mol. The van der Waals surface area contributed by atoms with Crippen molar-refractivity contribution in [3.8, 4) is 11.5 Å². The first-order valence-corrected chi connectivity index (χ1v) is 7.88. The number of nitrogens with zero attached hydrogens (tertiary/aromatic N) is 2. The number of amides is 1. The zero-order valence-electron chi connectivity index (χ0n) is 13.6. The number of benzene rings is 1. The summed E-state index contributed by atoms with van der Waals surface area (Å²) in [4.78, 5) is 18.1. The van der Waals surface area contributed by atoms with Crippen molar-refractivity contribution in [3.05, 3.63) is 47.7 Å². The van der Waals surface area contributed by atoms with Gasteiger partial charge in [-0.25, -0.2) is 4.98 Å². The number of carbonyl (C=O) groups is 1. The molecule has 2 N–H and O–H groups in total. The van der Waals surface area contributed by atoms with Crippen molar-refractivity contribution < 1.29 is 14.6 Å². The molecule has 0 bridgehead atoms. The molecular formula is C17H20ClN3O3. The van der Waals surface area contributed by atoms with E-state index in [2.05, 4.69) is 10.3 Å². The zero-order chi connectivity index (χ0) is 17.5. The van der Waals surface area contributed by atoms with Crippen LogP contribution in [0.5, 0.6) is 11.5 Å². The van der Waals surface area contributed by atoms with Crippen molar-refractivity contribution in [1.29, 1.82) is 0 Å². The predicted octanol–water partition coefficient (Wildman–Crippen LogP) is 2.78. The summed E-state index contributed by atoms with van der Waals surface area (Å²) in [5, 5.41) is 12.2. The van der Waals surface area contributed by atoms with Gasteiger partial charge in [-0.3, -0.25) is 9.69 Å². The molecule has 1 aromatic carbocycles. The fourth-order valence-corrected chi connectivity index (χ4v) is 2.13. The summed E-state index contributed by atoms with van der Waals surface area (Å²) in [7, 11) is 1.84. The largest absolute Gasteiger partial charge is 0.508 e. The van der Waals surface area contributed by atoms with Gasteiger partial charge in [-0.2, -0.15) is 0 Å². The third-order valence-electron chi connectivity index (χ3n) is 3.61. The van der Waals surface area contributed by atoms with Gasteiger partial charge in [0.25, 0.3) is 0 Å². The van der Waals surface area contributed by atoms with Crippen LogP contribution in [0.3, 0.4) is 0 Å². The van der Waals surface area contributed by atoms with Gasteiger partial charge in [0.2, 0.25) is 5.91 Å². The van der Waals surface area contributed by atoms with E-state index in [9.17, 15) is 9.90 Å². The Morgan fingerprint density at radius 3 is 2.75 bits per heavy atom. The molecule has 0 fully saturated rings. The van der Waals surface area contributed by atoms with E-state index in [0.717, 1.165) is 0 Å². The van der Waals surface area contributed by atoms with Crippen molar-refractivity contribution >= 4 is 23.2 Å². The van der Waals surface area contributed by atoms with Crippen LogP contribution >= 0.6 is 11.6 Å². The number of ether oxygens (including phenoxy) is 1. The fraction of sp³-hybridized carbons (Fsp3) is 0.294. The summed E-state index contributed by atoms with van der Waals surface area (Å²) in [5.74, 6) is 0.691. The number of hydrogen-bond donors (Lipinski definition) is 2. The zero-order valence-corrected chi connectivity index (χ0v) is 14.3. The Bertz CT molecular complexity index is 679. The van der Waals surface area contributed by atoms with Crippen LogP contribution in [0.25, 0.3) is 0 Å². The van der Waals surface area contributed by atoms with E-state index in [1.165, 1.54) is 0 Å². The Hall–Kier alpha value is -2.31. The Labute approximate surface area is 146 Å². The molecule has 0 aliphatic heterocycles. The van der Waals surface area contributed by atoms with Crippen molar-refractivity contribution in [1.82, 2.24) is 9.88 Å². The van der Waals surface area contributed by atoms with Crippen molar-refractivity contribution in [2.45, 2.75) is 13.0 Å². The van der Waals surface area contributed by atoms with Gasteiger partial charge in [0.05, 0.1) is 11.7 Å². The van der Waals surface area contributed by atoms with Gasteiger partial charge in [0.15, 0.2) is 5.15 Å². The summed E-state index contributed by atoms with van der Waals surface area (Å²) >= 11 is 5.94. The van der Waals surface area contributed by atoms with Gasteiger partial charge in [-0.05, 0) is 50.4 Å². The van der Waals surface area contributed by atoms with Crippen molar-refractivity contribution in [2.75, 3.05) is 25.5 Å². The number of anilines is 1. The SMILES string of the molecule is C[C@@H](C(=O)Nc1cccnc1Cl)N(C)CCOc1ccc(O)cc1. The molecule has 24 heavy (non-hydrogen) atoms. The van der Waals surface area contributed by atoms with Gasteiger partial charge >= 0.3 is 0 Å². The number of nitrogens with one attached hydrogen (secondary N) is 1. The highest BCUT2D eigenvalue weighted by atomic mass is 35.5. The summed E-state index contributed by atoms with van der Waals surface area (Å²) in [5.41, 5.74) is 0.491. The summed E-state index contributed by atoms with van der Waals surface area (Å²) in [6.45, 7) is 2.79. The molecule has 6 nitrogen and oxygen atoms in total. The molecule has 0 saturated heterocycles. The van der Waals surface area contributed by atoms with E-state index in [0.29, 0.717) is 24.6 Å². The molecule has 128 valence electrons. The fourth-order valence-electron chi connectivity index (χ4n) is 1.96. The van der Waals surface area contributed by atoms with E-state index in [1.54, 1.807) is 49.5 Å². The molecule has 0 saturated carbocycles. The van der Waals surface area contributed by atoms with Crippen LogP contribution in [0, 0.1) is 0 Å². The smallest absolute Gasteiger partial charge is 0.241 e. The molecule has 7 heteroatoms. The highest BCUT2D eigenvalue weighted by molar-refractivity contribution is 6.32. The van der Waals surface area contributed by atoms with Gasteiger partial charge in [-0.1, -0.05) is 11.6 Å². The number of likely N-dealkylation sites (N-methyl/N-ethyl adjacent to an activating group) is 1. The van der Waals surface area contributed by atoms with E-state index in [4.69, 9.17) is 16.3 Å². The van der Waals surface area contributed by atoms with E-state index in [1.807, 2.05) is 11.9 Å². The minimum atomic E-state index is -0.357. The number of aromatic hydroxyl groups is 1. The van der Waals surface area contributed by atoms with Gasteiger partial charge < -0.3 is 15.2 Å². The molecule has 0 aliphatic rings. The Morgan fingerprint density at radius 2 is 2.08 bits per heavy atom. The van der Waals surface area contributed by atoms with Crippen LogP contribution in [0.15, 0.2) is 42.6 Å². The monoisotopic (exact) mass is 349 g/mol. The first-order chi connectivity index (χ1) is 11.5. The second-order valence-electron chi connectivity index (χ2n) is 5.33. The summed E-state index contributed by atoms with van der Waals surface area (Å²) in [6.07, 6.45) is 1.56.